The van der Waals surface area contributed by atoms with Crippen LogP contribution in [0.4, 0.5) is 4.79 Å². The summed E-state index contributed by atoms with van der Waals surface area (Å²) in [5.41, 5.74) is 0.707. The SMILES string of the molecule is CCOc1cc(Br)c(/C=C2\SC(=O)N(CCOc3ccc(Cl)cc3)C2=O)cc1OC. The maximum Gasteiger partial charge on any atom is 0.293 e. The molecule has 9 heteroatoms. The van der Waals surface area contributed by atoms with Crippen molar-refractivity contribution in [3.05, 3.63) is 56.4 Å². The van der Waals surface area contributed by atoms with Gasteiger partial charge >= 0.3 is 0 Å². The van der Waals surface area contributed by atoms with Crippen molar-refractivity contribution in [2.24, 2.45) is 0 Å². The third kappa shape index (κ3) is 5.30. The molecule has 2 aromatic carbocycles. The average Bonchev–Trinajstić information content (AvgIpc) is 2.99. The largest absolute Gasteiger partial charge is 0.493 e. The Labute approximate surface area is 192 Å². The first-order chi connectivity index (χ1) is 14.4. The Morgan fingerprint density at radius 2 is 1.87 bits per heavy atom. The molecule has 6 nitrogen and oxygen atoms in total. The summed E-state index contributed by atoms with van der Waals surface area (Å²) in [6.07, 6.45) is 1.66. The minimum absolute atomic E-state index is 0.151. The smallest absolute Gasteiger partial charge is 0.293 e. The second kappa shape index (κ2) is 10.2. The number of rotatable bonds is 8. The van der Waals surface area contributed by atoms with Crippen LogP contribution in [-0.4, -0.2) is 42.9 Å². The van der Waals surface area contributed by atoms with Crippen LogP contribution in [0.15, 0.2) is 45.8 Å². The van der Waals surface area contributed by atoms with Crippen LogP contribution >= 0.6 is 39.3 Å². The molecule has 1 saturated heterocycles. The number of halogens is 2. The van der Waals surface area contributed by atoms with Gasteiger partial charge < -0.3 is 14.2 Å². The van der Waals surface area contributed by atoms with Gasteiger partial charge in [0.1, 0.15) is 12.4 Å². The zero-order valence-corrected chi connectivity index (χ0v) is 19.5. The molecule has 0 N–H and O–H groups in total. The summed E-state index contributed by atoms with van der Waals surface area (Å²) < 4.78 is 17.2. The highest BCUT2D eigenvalue weighted by Gasteiger charge is 2.35. The summed E-state index contributed by atoms with van der Waals surface area (Å²) in [5, 5.41) is 0.274. The predicted octanol–water partition coefficient (Wildman–Crippen LogP) is 5.63. The molecule has 1 fully saturated rings. The van der Waals surface area contributed by atoms with Crippen LogP contribution in [0.5, 0.6) is 17.2 Å². The van der Waals surface area contributed by atoms with Gasteiger partial charge in [-0.25, -0.2) is 0 Å². The average molecular weight is 513 g/mol. The van der Waals surface area contributed by atoms with Crippen molar-refractivity contribution in [3.8, 4) is 17.2 Å². The molecule has 0 unspecified atom stereocenters. The van der Waals surface area contributed by atoms with E-state index in [4.69, 9.17) is 25.8 Å². The lowest BCUT2D eigenvalue weighted by atomic mass is 10.2. The van der Waals surface area contributed by atoms with Gasteiger partial charge in [0.05, 0.1) is 25.2 Å². The lowest BCUT2D eigenvalue weighted by molar-refractivity contribution is -0.123. The van der Waals surface area contributed by atoms with E-state index in [1.807, 2.05) is 6.92 Å². The number of benzene rings is 2. The summed E-state index contributed by atoms with van der Waals surface area (Å²) in [6, 6.07) is 10.4. The van der Waals surface area contributed by atoms with Crippen LogP contribution in [0.2, 0.25) is 5.02 Å². The van der Waals surface area contributed by atoms with Crippen molar-refractivity contribution >= 4 is 56.5 Å². The fourth-order valence-electron chi connectivity index (χ4n) is 2.71. The molecule has 0 atom stereocenters. The minimum atomic E-state index is -0.357. The first kappa shape index (κ1) is 22.5. The highest BCUT2D eigenvalue weighted by Crippen LogP contribution is 2.38. The van der Waals surface area contributed by atoms with Gasteiger partial charge in [-0.3, -0.25) is 14.5 Å². The van der Waals surface area contributed by atoms with Crippen molar-refractivity contribution in [2.75, 3.05) is 26.9 Å². The number of thioether (sulfide) groups is 1. The summed E-state index contributed by atoms with van der Waals surface area (Å²) in [6.45, 7) is 2.72. The Morgan fingerprint density at radius 3 is 2.53 bits per heavy atom. The quantitative estimate of drug-likeness (QED) is 0.428. The Balaban J connectivity index is 1.70. The van der Waals surface area contributed by atoms with Gasteiger partial charge in [-0.2, -0.15) is 0 Å². The summed E-state index contributed by atoms with van der Waals surface area (Å²) in [7, 11) is 1.55. The second-order valence-electron chi connectivity index (χ2n) is 6.09. The molecule has 0 aromatic heterocycles. The number of nitrogens with zero attached hydrogens (tertiary/aromatic N) is 1. The van der Waals surface area contributed by atoms with Gasteiger partial charge in [-0.1, -0.05) is 27.5 Å². The van der Waals surface area contributed by atoms with E-state index in [0.29, 0.717) is 39.3 Å². The zero-order chi connectivity index (χ0) is 21.7. The fourth-order valence-corrected chi connectivity index (χ4v) is 4.13. The lowest BCUT2D eigenvalue weighted by Gasteiger charge is -2.13. The molecule has 2 amide bonds. The number of amides is 2. The molecule has 0 radical (unpaired) electrons. The lowest BCUT2D eigenvalue weighted by Crippen LogP contribution is -2.32. The van der Waals surface area contributed by atoms with Gasteiger partial charge in [0.15, 0.2) is 11.5 Å². The van der Waals surface area contributed by atoms with Crippen molar-refractivity contribution in [1.82, 2.24) is 4.90 Å². The number of carbonyl (C=O) groups excluding carboxylic acids is 2. The maximum atomic E-state index is 12.7. The predicted molar refractivity (Wildman–Crippen MR) is 121 cm³/mol. The van der Waals surface area contributed by atoms with Gasteiger partial charge in [0.25, 0.3) is 11.1 Å². The van der Waals surface area contributed by atoms with Gasteiger partial charge in [0, 0.05) is 9.50 Å². The highest BCUT2D eigenvalue weighted by molar-refractivity contribution is 9.10. The molecule has 0 aliphatic carbocycles. The van der Waals surface area contributed by atoms with Crippen LogP contribution < -0.4 is 14.2 Å². The van der Waals surface area contributed by atoms with Crippen LogP contribution in [0.25, 0.3) is 6.08 Å². The Morgan fingerprint density at radius 1 is 1.13 bits per heavy atom. The Bertz CT molecular complexity index is 980. The van der Waals surface area contributed by atoms with Crippen molar-refractivity contribution in [3.63, 3.8) is 0 Å². The van der Waals surface area contributed by atoms with E-state index in [1.54, 1.807) is 49.6 Å². The third-order valence-electron chi connectivity index (χ3n) is 4.14. The molecule has 0 spiro atoms. The normalized spacial score (nSPS) is 15.1. The number of hydrogen-bond acceptors (Lipinski definition) is 6. The second-order valence-corrected chi connectivity index (χ2v) is 8.38. The van der Waals surface area contributed by atoms with E-state index < -0.39 is 0 Å². The Kier molecular flexibility index (Phi) is 7.69. The molecular weight excluding hydrogens is 494 g/mol. The van der Waals surface area contributed by atoms with Crippen molar-refractivity contribution in [1.29, 1.82) is 0 Å². The minimum Gasteiger partial charge on any atom is -0.493 e. The molecule has 0 saturated carbocycles. The zero-order valence-electron chi connectivity index (χ0n) is 16.3. The molecule has 3 rings (SSSR count). The summed E-state index contributed by atoms with van der Waals surface area (Å²) in [5.74, 6) is 1.40. The van der Waals surface area contributed by atoms with Crippen LogP contribution in [-0.2, 0) is 4.79 Å². The van der Waals surface area contributed by atoms with Crippen molar-refractivity contribution in [2.45, 2.75) is 6.92 Å². The molecule has 158 valence electrons. The van der Waals surface area contributed by atoms with Gasteiger partial charge in [-0.15, -0.1) is 0 Å². The highest BCUT2D eigenvalue weighted by atomic mass is 79.9. The molecule has 1 aliphatic heterocycles. The molecule has 2 aromatic rings. The van der Waals surface area contributed by atoms with Crippen molar-refractivity contribution < 1.29 is 23.8 Å². The topological polar surface area (TPSA) is 65.1 Å². The number of methoxy groups -OCH3 is 1. The Hall–Kier alpha value is -2.16. The van der Waals surface area contributed by atoms with E-state index in [2.05, 4.69) is 15.9 Å². The summed E-state index contributed by atoms with van der Waals surface area (Å²) in [4.78, 5) is 26.5. The fraction of sp³-hybridized carbons (Fsp3) is 0.238. The molecular formula is C21H19BrClNO5S. The van der Waals surface area contributed by atoms with E-state index in [-0.39, 0.29) is 24.3 Å². The number of carbonyl (C=O) groups is 2. The summed E-state index contributed by atoms with van der Waals surface area (Å²) >= 11 is 10.2. The van der Waals surface area contributed by atoms with E-state index >= 15 is 0 Å². The molecule has 1 aliphatic rings. The van der Waals surface area contributed by atoms with E-state index in [0.717, 1.165) is 16.2 Å². The monoisotopic (exact) mass is 511 g/mol. The molecule has 0 bridgehead atoms. The van der Waals surface area contributed by atoms with Gasteiger partial charge in [0.2, 0.25) is 0 Å². The number of imide groups is 1. The number of hydrogen-bond donors (Lipinski definition) is 0. The van der Waals surface area contributed by atoms with Crippen LogP contribution in [0.1, 0.15) is 12.5 Å². The van der Waals surface area contributed by atoms with Crippen LogP contribution in [0, 0.1) is 0 Å². The number of ether oxygens (including phenoxy) is 3. The molecule has 1 heterocycles. The van der Waals surface area contributed by atoms with E-state index in [9.17, 15) is 9.59 Å². The molecule has 30 heavy (non-hydrogen) atoms. The van der Waals surface area contributed by atoms with E-state index in [1.165, 1.54) is 4.90 Å². The first-order valence-electron chi connectivity index (χ1n) is 9.07. The maximum absolute atomic E-state index is 12.7. The standard InChI is InChI=1S/C21H19BrClNO5S/c1-3-28-18-12-16(22)13(10-17(18)27-2)11-19-20(25)24(21(26)30-19)8-9-29-15-6-4-14(23)5-7-15/h4-7,10-12H,3,8-9H2,1-2H3/b19-11-. The first-order valence-corrected chi connectivity index (χ1v) is 11.1. The van der Waals surface area contributed by atoms with Gasteiger partial charge in [-0.05, 0) is 66.7 Å². The van der Waals surface area contributed by atoms with Crippen LogP contribution in [0.3, 0.4) is 0 Å². The third-order valence-corrected chi connectivity index (χ3v) is 5.99.